The molecule has 0 saturated heterocycles. The monoisotopic (exact) mass is 292 g/mol. The number of para-hydroxylation sites is 2. The van der Waals surface area contributed by atoms with E-state index in [-0.39, 0.29) is 5.91 Å². The highest BCUT2D eigenvalue weighted by molar-refractivity contribution is 5.91. The lowest BCUT2D eigenvalue weighted by atomic mass is 10.1. The first kappa shape index (κ1) is 14.1. The maximum absolute atomic E-state index is 11.8. The number of hydrogen-bond donors (Lipinski definition) is 1. The summed E-state index contributed by atoms with van der Waals surface area (Å²) in [6.45, 7) is 2.53. The Kier molecular flexibility index (Phi) is 4.01. The molecule has 0 radical (unpaired) electrons. The fraction of sp³-hybridized carbons (Fsp3) is 0.111. The van der Waals surface area contributed by atoms with Gasteiger partial charge in [0.25, 0.3) is 0 Å². The third-order valence-corrected chi connectivity index (χ3v) is 3.40. The van der Waals surface area contributed by atoms with Crippen LogP contribution >= 0.6 is 0 Å². The normalized spacial score (nSPS) is 11.1. The van der Waals surface area contributed by atoms with E-state index in [1.54, 1.807) is 6.08 Å². The van der Waals surface area contributed by atoms with E-state index in [9.17, 15) is 4.79 Å². The summed E-state index contributed by atoms with van der Waals surface area (Å²) >= 11 is 0. The zero-order chi connectivity index (χ0) is 15.4. The molecule has 0 aliphatic carbocycles. The average molecular weight is 292 g/mol. The molecule has 0 bridgehead atoms. The number of nitrogens with zero attached hydrogens (tertiary/aromatic N) is 1. The first-order valence-corrected chi connectivity index (χ1v) is 7.08. The summed E-state index contributed by atoms with van der Waals surface area (Å²) in [7, 11) is 0. The Hall–Kier alpha value is -2.88. The third kappa shape index (κ3) is 3.23. The van der Waals surface area contributed by atoms with E-state index in [0.717, 1.165) is 16.6 Å². The highest BCUT2D eigenvalue weighted by Crippen LogP contribution is 2.15. The van der Waals surface area contributed by atoms with Crippen molar-refractivity contribution in [2.75, 3.05) is 0 Å². The van der Waals surface area contributed by atoms with Crippen molar-refractivity contribution >= 4 is 23.1 Å². The number of carbonyl (C=O) groups excluding carboxylic acids is 1. The van der Waals surface area contributed by atoms with E-state index < -0.39 is 0 Å². The lowest BCUT2D eigenvalue weighted by Crippen LogP contribution is -2.20. The first-order chi connectivity index (χ1) is 10.7. The van der Waals surface area contributed by atoms with Crippen molar-refractivity contribution in [3.8, 4) is 0 Å². The number of amides is 1. The SMILES string of the molecule is Cc1ccccc1CNC(=O)/C=C/c1nc2ccccc2o1. The summed E-state index contributed by atoms with van der Waals surface area (Å²) in [5, 5.41) is 2.85. The summed E-state index contributed by atoms with van der Waals surface area (Å²) in [5.74, 6) is 0.248. The predicted molar refractivity (Wildman–Crippen MR) is 86.1 cm³/mol. The molecule has 0 aliphatic heterocycles. The molecule has 1 aromatic heterocycles. The number of nitrogens with one attached hydrogen (secondary N) is 1. The van der Waals surface area contributed by atoms with Gasteiger partial charge < -0.3 is 9.73 Å². The number of aryl methyl sites for hydroxylation is 1. The Bertz CT molecular complexity index is 801. The number of carbonyl (C=O) groups is 1. The molecule has 0 spiro atoms. The van der Waals surface area contributed by atoms with Crippen LogP contribution in [-0.4, -0.2) is 10.9 Å². The molecule has 4 nitrogen and oxygen atoms in total. The molecule has 3 rings (SSSR count). The van der Waals surface area contributed by atoms with Crippen LogP contribution in [0.2, 0.25) is 0 Å². The molecule has 0 aliphatic rings. The standard InChI is InChI=1S/C18H16N2O2/c1-13-6-2-3-7-14(13)12-19-17(21)10-11-18-20-15-8-4-5-9-16(15)22-18/h2-11H,12H2,1H3,(H,19,21)/b11-10+. The summed E-state index contributed by atoms with van der Waals surface area (Å²) in [5.41, 5.74) is 3.75. The van der Waals surface area contributed by atoms with Gasteiger partial charge in [-0.15, -0.1) is 0 Å². The molecule has 1 heterocycles. The second-order valence-corrected chi connectivity index (χ2v) is 5.00. The molecule has 1 amide bonds. The van der Waals surface area contributed by atoms with Crippen molar-refractivity contribution in [2.24, 2.45) is 0 Å². The first-order valence-electron chi connectivity index (χ1n) is 7.08. The molecule has 2 aromatic carbocycles. The number of rotatable bonds is 4. The summed E-state index contributed by atoms with van der Waals surface area (Å²) in [4.78, 5) is 16.1. The Morgan fingerprint density at radius 3 is 2.77 bits per heavy atom. The quantitative estimate of drug-likeness (QED) is 0.749. The molecule has 4 heteroatoms. The molecule has 1 N–H and O–H groups in total. The van der Waals surface area contributed by atoms with Crippen LogP contribution < -0.4 is 5.32 Å². The molecule has 110 valence electrons. The van der Waals surface area contributed by atoms with Crippen LogP contribution in [0, 0.1) is 6.92 Å². The molecular formula is C18H16N2O2. The van der Waals surface area contributed by atoms with Crippen molar-refractivity contribution in [1.29, 1.82) is 0 Å². The molecule has 3 aromatic rings. The number of fused-ring (bicyclic) bond motifs is 1. The van der Waals surface area contributed by atoms with Crippen LogP contribution in [0.25, 0.3) is 17.2 Å². The molecule has 0 saturated carbocycles. The molecule has 0 unspecified atom stereocenters. The number of oxazole rings is 1. The average Bonchev–Trinajstić information content (AvgIpc) is 2.95. The lowest BCUT2D eigenvalue weighted by Gasteiger charge is -2.05. The highest BCUT2D eigenvalue weighted by atomic mass is 16.3. The van der Waals surface area contributed by atoms with Crippen molar-refractivity contribution in [2.45, 2.75) is 13.5 Å². The maximum atomic E-state index is 11.8. The van der Waals surface area contributed by atoms with E-state index in [2.05, 4.69) is 10.3 Å². The number of aromatic nitrogens is 1. The Morgan fingerprint density at radius 1 is 1.18 bits per heavy atom. The predicted octanol–water partition coefficient (Wildman–Crippen LogP) is 3.47. The van der Waals surface area contributed by atoms with Crippen molar-refractivity contribution < 1.29 is 9.21 Å². The van der Waals surface area contributed by atoms with Crippen LogP contribution in [-0.2, 0) is 11.3 Å². The minimum Gasteiger partial charge on any atom is -0.437 e. The minimum absolute atomic E-state index is 0.175. The van der Waals surface area contributed by atoms with Crippen LogP contribution in [0.1, 0.15) is 17.0 Å². The summed E-state index contributed by atoms with van der Waals surface area (Å²) in [6.07, 6.45) is 3.01. The van der Waals surface area contributed by atoms with Crippen LogP contribution in [0.4, 0.5) is 0 Å². The largest absolute Gasteiger partial charge is 0.437 e. The van der Waals surface area contributed by atoms with Gasteiger partial charge in [-0.1, -0.05) is 36.4 Å². The summed E-state index contributed by atoms with van der Waals surface area (Å²) in [6, 6.07) is 15.5. The van der Waals surface area contributed by atoms with Crippen LogP contribution in [0.5, 0.6) is 0 Å². The molecule has 0 atom stereocenters. The van der Waals surface area contributed by atoms with E-state index in [1.807, 2.05) is 55.5 Å². The van der Waals surface area contributed by atoms with Gasteiger partial charge in [0, 0.05) is 18.7 Å². The van der Waals surface area contributed by atoms with Gasteiger partial charge in [-0.3, -0.25) is 4.79 Å². The van der Waals surface area contributed by atoms with E-state index >= 15 is 0 Å². The van der Waals surface area contributed by atoms with Gasteiger partial charge in [0.2, 0.25) is 11.8 Å². The third-order valence-electron chi connectivity index (χ3n) is 3.40. The zero-order valence-electron chi connectivity index (χ0n) is 12.2. The fourth-order valence-corrected chi connectivity index (χ4v) is 2.16. The second kappa shape index (κ2) is 6.26. The van der Waals surface area contributed by atoms with Gasteiger partial charge in [0.05, 0.1) is 0 Å². The Labute approximate surface area is 128 Å². The van der Waals surface area contributed by atoms with Crippen LogP contribution in [0.15, 0.2) is 59.0 Å². The molecule has 0 fully saturated rings. The molecule has 22 heavy (non-hydrogen) atoms. The maximum Gasteiger partial charge on any atom is 0.244 e. The molecular weight excluding hydrogens is 276 g/mol. The zero-order valence-corrected chi connectivity index (χ0v) is 12.2. The number of hydrogen-bond acceptors (Lipinski definition) is 3. The summed E-state index contributed by atoms with van der Waals surface area (Å²) < 4.78 is 5.52. The van der Waals surface area contributed by atoms with E-state index in [1.165, 1.54) is 6.08 Å². The van der Waals surface area contributed by atoms with Gasteiger partial charge in [-0.05, 0) is 30.2 Å². The van der Waals surface area contributed by atoms with Crippen LogP contribution in [0.3, 0.4) is 0 Å². The topological polar surface area (TPSA) is 55.1 Å². The van der Waals surface area contributed by atoms with Crippen molar-refractivity contribution in [1.82, 2.24) is 10.3 Å². The van der Waals surface area contributed by atoms with Gasteiger partial charge in [-0.25, -0.2) is 4.98 Å². The lowest BCUT2D eigenvalue weighted by molar-refractivity contribution is -0.116. The van der Waals surface area contributed by atoms with E-state index in [4.69, 9.17) is 4.42 Å². The highest BCUT2D eigenvalue weighted by Gasteiger charge is 2.03. The minimum atomic E-state index is -0.175. The Morgan fingerprint density at radius 2 is 1.95 bits per heavy atom. The van der Waals surface area contributed by atoms with Gasteiger partial charge in [0.15, 0.2) is 5.58 Å². The second-order valence-electron chi connectivity index (χ2n) is 5.00. The van der Waals surface area contributed by atoms with Gasteiger partial charge in [-0.2, -0.15) is 0 Å². The van der Waals surface area contributed by atoms with Crippen molar-refractivity contribution in [3.05, 3.63) is 71.6 Å². The van der Waals surface area contributed by atoms with Crippen molar-refractivity contribution in [3.63, 3.8) is 0 Å². The smallest absolute Gasteiger partial charge is 0.244 e. The Balaban J connectivity index is 1.62. The van der Waals surface area contributed by atoms with E-state index in [0.29, 0.717) is 18.0 Å². The van der Waals surface area contributed by atoms with Gasteiger partial charge in [0.1, 0.15) is 5.52 Å². The van der Waals surface area contributed by atoms with Gasteiger partial charge >= 0.3 is 0 Å². The number of benzene rings is 2. The fourth-order valence-electron chi connectivity index (χ4n) is 2.16.